The highest BCUT2D eigenvalue weighted by Gasteiger charge is 1.91. The summed E-state index contributed by atoms with van der Waals surface area (Å²) >= 11 is 0. The van der Waals surface area contributed by atoms with Gasteiger partial charge in [-0.25, -0.2) is 0 Å². The molecule has 0 aliphatic rings. The van der Waals surface area contributed by atoms with Gasteiger partial charge in [0.15, 0.2) is 0 Å². The molecule has 0 unspecified atom stereocenters. The quantitative estimate of drug-likeness (QED) is 0.222. The van der Waals surface area contributed by atoms with Crippen LogP contribution in [0.1, 0.15) is 104 Å². The number of allylic oxidation sites excluding steroid dienone is 3. The van der Waals surface area contributed by atoms with Gasteiger partial charge in [-0.1, -0.05) is 82.9 Å². The first-order valence-electron chi connectivity index (χ1n) is 9.91. The fourth-order valence-corrected chi connectivity index (χ4v) is 2.68. The highest BCUT2D eigenvalue weighted by molar-refractivity contribution is 4.81. The third kappa shape index (κ3) is 19.3. The second-order valence-electron chi connectivity index (χ2n) is 6.39. The van der Waals surface area contributed by atoms with Gasteiger partial charge in [0, 0.05) is 6.54 Å². The SMILES string of the molecule is C/C=C/NCCCCCCCC/C=C\CCCCCCCC. The van der Waals surface area contributed by atoms with Crippen LogP contribution in [0.3, 0.4) is 0 Å². The van der Waals surface area contributed by atoms with E-state index in [-0.39, 0.29) is 0 Å². The van der Waals surface area contributed by atoms with Crippen molar-refractivity contribution in [1.82, 2.24) is 5.32 Å². The van der Waals surface area contributed by atoms with Crippen molar-refractivity contribution in [3.8, 4) is 0 Å². The van der Waals surface area contributed by atoms with Crippen LogP contribution >= 0.6 is 0 Å². The van der Waals surface area contributed by atoms with Crippen LogP contribution in [0, 0.1) is 0 Å². The van der Waals surface area contributed by atoms with Crippen molar-refractivity contribution < 1.29 is 0 Å². The molecule has 0 aliphatic heterocycles. The van der Waals surface area contributed by atoms with Crippen LogP contribution in [0.25, 0.3) is 0 Å². The Morgan fingerprint density at radius 2 is 1.14 bits per heavy atom. The molecule has 22 heavy (non-hydrogen) atoms. The summed E-state index contributed by atoms with van der Waals surface area (Å²) in [5, 5.41) is 3.29. The van der Waals surface area contributed by atoms with E-state index in [1.807, 2.05) is 6.20 Å². The molecule has 0 aromatic carbocycles. The molecule has 0 heterocycles. The van der Waals surface area contributed by atoms with Crippen LogP contribution in [0.2, 0.25) is 0 Å². The van der Waals surface area contributed by atoms with Gasteiger partial charge in [-0.15, -0.1) is 0 Å². The van der Waals surface area contributed by atoms with Gasteiger partial charge >= 0.3 is 0 Å². The summed E-state index contributed by atoms with van der Waals surface area (Å²) in [6.45, 7) is 5.46. The standard InChI is InChI=1S/C21H41N/c1-3-5-6-7-8-9-10-11-12-13-14-15-16-17-18-19-21-22-20-4-2/h4,11-12,20,22H,3,5-10,13-19,21H2,1-2H3/b12-11-,20-4+. The zero-order valence-corrected chi connectivity index (χ0v) is 15.4. The van der Waals surface area contributed by atoms with Gasteiger partial charge in [-0.2, -0.15) is 0 Å². The van der Waals surface area contributed by atoms with Crippen LogP contribution in [0.15, 0.2) is 24.4 Å². The molecular formula is C21H41N. The first-order valence-corrected chi connectivity index (χ1v) is 9.91. The predicted molar refractivity (Wildman–Crippen MR) is 102 cm³/mol. The van der Waals surface area contributed by atoms with E-state index >= 15 is 0 Å². The predicted octanol–water partition coefficient (Wildman–Crippen LogP) is 7.15. The van der Waals surface area contributed by atoms with Gasteiger partial charge in [-0.3, -0.25) is 0 Å². The molecule has 0 saturated heterocycles. The largest absolute Gasteiger partial charge is 0.391 e. The van der Waals surface area contributed by atoms with Crippen molar-refractivity contribution in [3.63, 3.8) is 0 Å². The minimum Gasteiger partial charge on any atom is -0.391 e. The third-order valence-electron chi connectivity index (χ3n) is 4.12. The summed E-state index contributed by atoms with van der Waals surface area (Å²) in [4.78, 5) is 0. The summed E-state index contributed by atoms with van der Waals surface area (Å²) in [5.74, 6) is 0. The Kier molecular flexibility index (Phi) is 19.6. The first-order chi connectivity index (χ1) is 10.9. The van der Waals surface area contributed by atoms with E-state index in [0.29, 0.717) is 0 Å². The number of nitrogens with one attached hydrogen (secondary N) is 1. The molecule has 1 nitrogen and oxygen atoms in total. The van der Waals surface area contributed by atoms with Crippen molar-refractivity contribution in [2.45, 2.75) is 104 Å². The lowest BCUT2D eigenvalue weighted by molar-refractivity contribution is 0.588. The Hall–Kier alpha value is -0.720. The lowest BCUT2D eigenvalue weighted by Crippen LogP contribution is -2.05. The Balaban J connectivity index is 3.05. The van der Waals surface area contributed by atoms with Crippen LogP contribution in [-0.4, -0.2) is 6.54 Å². The maximum Gasteiger partial charge on any atom is 0.0141 e. The molecule has 0 amide bonds. The number of hydrogen-bond donors (Lipinski definition) is 1. The van der Waals surface area contributed by atoms with Crippen molar-refractivity contribution in [1.29, 1.82) is 0 Å². The van der Waals surface area contributed by atoms with E-state index in [2.05, 4.69) is 37.4 Å². The zero-order chi connectivity index (χ0) is 16.1. The summed E-state index contributed by atoms with van der Waals surface area (Å²) in [5.41, 5.74) is 0. The molecule has 0 bridgehead atoms. The molecule has 0 rings (SSSR count). The van der Waals surface area contributed by atoms with Gasteiger partial charge in [-0.05, 0) is 45.2 Å². The van der Waals surface area contributed by atoms with Crippen molar-refractivity contribution in [2.24, 2.45) is 0 Å². The molecule has 1 heteroatoms. The highest BCUT2D eigenvalue weighted by atomic mass is 14.8. The van der Waals surface area contributed by atoms with Crippen LogP contribution in [0.5, 0.6) is 0 Å². The van der Waals surface area contributed by atoms with Crippen LogP contribution in [0.4, 0.5) is 0 Å². The van der Waals surface area contributed by atoms with E-state index in [1.165, 1.54) is 89.9 Å². The van der Waals surface area contributed by atoms with Crippen molar-refractivity contribution in [3.05, 3.63) is 24.4 Å². The molecule has 0 aliphatic carbocycles. The Labute approximate surface area is 140 Å². The topological polar surface area (TPSA) is 12.0 Å². The zero-order valence-electron chi connectivity index (χ0n) is 15.4. The average molecular weight is 308 g/mol. The van der Waals surface area contributed by atoms with Gasteiger partial charge in [0.05, 0.1) is 0 Å². The van der Waals surface area contributed by atoms with Crippen molar-refractivity contribution in [2.75, 3.05) is 6.54 Å². The second kappa shape index (κ2) is 20.3. The van der Waals surface area contributed by atoms with Gasteiger partial charge in [0.2, 0.25) is 0 Å². The Morgan fingerprint density at radius 1 is 0.636 bits per heavy atom. The molecule has 0 spiro atoms. The molecule has 0 aromatic heterocycles. The third-order valence-corrected chi connectivity index (χ3v) is 4.12. The number of rotatable bonds is 17. The summed E-state index contributed by atoms with van der Waals surface area (Å²) in [6.07, 6.45) is 28.2. The van der Waals surface area contributed by atoms with Crippen molar-refractivity contribution >= 4 is 0 Å². The fraction of sp³-hybridized carbons (Fsp3) is 0.810. The van der Waals surface area contributed by atoms with E-state index in [0.717, 1.165) is 6.54 Å². The van der Waals surface area contributed by atoms with Gasteiger partial charge in [0.1, 0.15) is 0 Å². The highest BCUT2D eigenvalue weighted by Crippen LogP contribution is 2.09. The monoisotopic (exact) mass is 307 g/mol. The first kappa shape index (κ1) is 21.3. The molecule has 0 fully saturated rings. The number of hydrogen-bond acceptors (Lipinski definition) is 1. The molecule has 130 valence electrons. The van der Waals surface area contributed by atoms with Gasteiger partial charge in [0.25, 0.3) is 0 Å². The molecule has 1 N–H and O–H groups in total. The normalized spacial score (nSPS) is 11.7. The smallest absolute Gasteiger partial charge is 0.0141 e. The maximum atomic E-state index is 3.29. The average Bonchev–Trinajstić information content (AvgIpc) is 2.54. The van der Waals surface area contributed by atoms with Crippen LogP contribution in [-0.2, 0) is 0 Å². The lowest BCUT2D eigenvalue weighted by atomic mass is 10.1. The summed E-state index contributed by atoms with van der Waals surface area (Å²) in [6, 6.07) is 0. The maximum absolute atomic E-state index is 3.29. The summed E-state index contributed by atoms with van der Waals surface area (Å²) < 4.78 is 0. The lowest BCUT2D eigenvalue weighted by Gasteiger charge is -2.01. The van der Waals surface area contributed by atoms with E-state index in [1.54, 1.807) is 0 Å². The molecular weight excluding hydrogens is 266 g/mol. The minimum absolute atomic E-state index is 1.13. The molecule has 0 aromatic rings. The molecule has 0 atom stereocenters. The fourth-order valence-electron chi connectivity index (χ4n) is 2.68. The Morgan fingerprint density at radius 3 is 1.68 bits per heavy atom. The van der Waals surface area contributed by atoms with Crippen LogP contribution < -0.4 is 5.32 Å². The second-order valence-corrected chi connectivity index (χ2v) is 6.39. The summed E-state index contributed by atoms with van der Waals surface area (Å²) in [7, 11) is 0. The van der Waals surface area contributed by atoms with E-state index in [9.17, 15) is 0 Å². The number of unbranched alkanes of at least 4 members (excludes halogenated alkanes) is 12. The van der Waals surface area contributed by atoms with E-state index < -0.39 is 0 Å². The Bertz CT molecular complexity index is 242. The minimum atomic E-state index is 1.13. The van der Waals surface area contributed by atoms with Gasteiger partial charge < -0.3 is 5.32 Å². The van der Waals surface area contributed by atoms with E-state index in [4.69, 9.17) is 0 Å². The molecule has 0 radical (unpaired) electrons. The molecule has 0 saturated carbocycles.